The molecule has 3 nitrogen and oxygen atoms in total. The Morgan fingerprint density at radius 2 is 1.83 bits per heavy atom. The standard InChI is InChI=1S/C11H11F3N2OS/c1-6(9(15)18)10(17)16-8-4-2-7(3-5-8)11(12,13)14/h2-6H,1H3,(H2,15,18)(H,16,17). The van der Waals surface area contributed by atoms with E-state index >= 15 is 0 Å². The maximum Gasteiger partial charge on any atom is 0.416 e. The molecule has 0 aromatic heterocycles. The van der Waals surface area contributed by atoms with Crippen LogP contribution in [0, 0.1) is 5.92 Å². The zero-order valence-electron chi connectivity index (χ0n) is 9.41. The Morgan fingerprint density at radius 1 is 1.33 bits per heavy atom. The summed E-state index contributed by atoms with van der Waals surface area (Å²) in [7, 11) is 0. The molecule has 98 valence electrons. The van der Waals surface area contributed by atoms with Gasteiger partial charge >= 0.3 is 6.18 Å². The van der Waals surface area contributed by atoms with Crippen LogP contribution in [0.2, 0.25) is 0 Å². The third kappa shape index (κ3) is 3.69. The van der Waals surface area contributed by atoms with Crippen LogP contribution >= 0.6 is 12.2 Å². The number of carbonyl (C=O) groups is 1. The van der Waals surface area contributed by atoms with E-state index in [9.17, 15) is 18.0 Å². The van der Waals surface area contributed by atoms with E-state index in [1.54, 1.807) is 0 Å². The average Bonchev–Trinajstić information content (AvgIpc) is 2.27. The first kappa shape index (κ1) is 14.4. The quantitative estimate of drug-likeness (QED) is 0.834. The summed E-state index contributed by atoms with van der Waals surface area (Å²) in [5.74, 6) is -1.13. The van der Waals surface area contributed by atoms with Gasteiger partial charge in [-0.3, -0.25) is 4.79 Å². The van der Waals surface area contributed by atoms with Crippen LogP contribution in [-0.2, 0) is 11.0 Å². The van der Waals surface area contributed by atoms with Crippen molar-refractivity contribution in [3.63, 3.8) is 0 Å². The first-order valence-electron chi connectivity index (χ1n) is 4.99. The highest BCUT2D eigenvalue weighted by Crippen LogP contribution is 2.29. The smallest absolute Gasteiger partial charge is 0.393 e. The summed E-state index contributed by atoms with van der Waals surface area (Å²) in [6.07, 6.45) is -4.39. The molecule has 1 unspecified atom stereocenters. The minimum Gasteiger partial charge on any atom is -0.393 e. The molecule has 0 aliphatic carbocycles. The molecule has 1 atom stereocenters. The number of benzene rings is 1. The molecule has 18 heavy (non-hydrogen) atoms. The second-order valence-corrected chi connectivity index (χ2v) is 4.16. The molecule has 1 rings (SSSR count). The van der Waals surface area contributed by atoms with E-state index in [1.807, 2.05) is 0 Å². The normalized spacial score (nSPS) is 12.9. The summed E-state index contributed by atoms with van der Waals surface area (Å²) in [5.41, 5.74) is 4.78. The second-order valence-electron chi connectivity index (χ2n) is 3.69. The molecule has 0 bridgehead atoms. The summed E-state index contributed by atoms with van der Waals surface area (Å²) in [4.78, 5) is 11.6. The number of anilines is 1. The molecule has 3 N–H and O–H groups in total. The van der Waals surface area contributed by atoms with E-state index < -0.39 is 23.6 Å². The van der Waals surface area contributed by atoms with Crippen molar-refractivity contribution in [1.82, 2.24) is 0 Å². The predicted molar refractivity (Wildman–Crippen MR) is 66.0 cm³/mol. The van der Waals surface area contributed by atoms with Gasteiger partial charge in [-0.15, -0.1) is 0 Å². The fourth-order valence-corrected chi connectivity index (χ4v) is 1.23. The maximum atomic E-state index is 12.3. The maximum absolute atomic E-state index is 12.3. The Balaban J connectivity index is 2.76. The first-order chi connectivity index (χ1) is 8.21. The van der Waals surface area contributed by atoms with Crippen LogP contribution in [0.1, 0.15) is 12.5 Å². The molecule has 1 aromatic rings. The van der Waals surface area contributed by atoms with Gasteiger partial charge in [-0.1, -0.05) is 12.2 Å². The van der Waals surface area contributed by atoms with Gasteiger partial charge in [0.05, 0.1) is 16.5 Å². The fourth-order valence-electron chi connectivity index (χ4n) is 1.12. The van der Waals surface area contributed by atoms with Crippen molar-refractivity contribution in [2.75, 3.05) is 5.32 Å². The molecule has 0 saturated heterocycles. The Morgan fingerprint density at radius 3 is 2.22 bits per heavy atom. The molecule has 0 heterocycles. The third-order valence-corrected chi connectivity index (χ3v) is 2.65. The van der Waals surface area contributed by atoms with E-state index in [-0.39, 0.29) is 10.7 Å². The van der Waals surface area contributed by atoms with Gasteiger partial charge in [0, 0.05) is 5.69 Å². The molecule has 1 amide bonds. The van der Waals surface area contributed by atoms with E-state index in [1.165, 1.54) is 19.1 Å². The highest BCUT2D eigenvalue weighted by atomic mass is 32.1. The van der Waals surface area contributed by atoms with E-state index in [0.717, 1.165) is 12.1 Å². The second kappa shape index (κ2) is 5.34. The number of halogens is 3. The molecule has 0 radical (unpaired) electrons. The number of nitrogens with two attached hydrogens (primary N) is 1. The summed E-state index contributed by atoms with van der Waals surface area (Å²) in [6, 6.07) is 4.13. The van der Waals surface area contributed by atoms with Crippen molar-refractivity contribution in [2.45, 2.75) is 13.1 Å². The molecule has 0 aliphatic heterocycles. The van der Waals surface area contributed by atoms with Crippen LogP contribution in [0.5, 0.6) is 0 Å². The van der Waals surface area contributed by atoms with Crippen LogP contribution in [0.3, 0.4) is 0 Å². The van der Waals surface area contributed by atoms with Gasteiger partial charge < -0.3 is 11.1 Å². The highest BCUT2D eigenvalue weighted by Gasteiger charge is 2.30. The lowest BCUT2D eigenvalue weighted by Gasteiger charge is -2.11. The van der Waals surface area contributed by atoms with Crippen LogP contribution in [-0.4, -0.2) is 10.9 Å². The molecule has 1 aromatic carbocycles. The van der Waals surface area contributed by atoms with Crippen molar-refractivity contribution in [3.8, 4) is 0 Å². The number of alkyl halides is 3. The summed E-state index contributed by atoms with van der Waals surface area (Å²) in [5, 5.41) is 2.43. The van der Waals surface area contributed by atoms with Crippen LogP contribution in [0.4, 0.5) is 18.9 Å². The molecule has 0 aliphatic rings. The number of carbonyl (C=O) groups excluding carboxylic acids is 1. The van der Waals surface area contributed by atoms with Crippen molar-refractivity contribution in [1.29, 1.82) is 0 Å². The van der Waals surface area contributed by atoms with Crippen molar-refractivity contribution in [2.24, 2.45) is 11.7 Å². The van der Waals surface area contributed by atoms with Crippen molar-refractivity contribution in [3.05, 3.63) is 29.8 Å². The summed E-state index contributed by atoms with van der Waals surface area (Å²) < 4.78 is 36.9. The zero-order chi connectivity index (χ0) is 13.9. The highest BCUT2D eigenvalue weighted by molar-refractivity contribution is 7.80. The zero-order valence-corrected chi connectivity index (χ0v) is 10.2. The number of hydrogen-bond donors (Lipinski definition) is 2. The lowest BCUT2D eigenvalue weighted by Crippen LogP contribution is -2.30. The van der Waals surface area contributed by atoms with Gasteiger partial charge in [0.1, 0.15) is 0 Å². The Kier molecular flexibility index (Phi) is 4.28. The number of thiocarbonyl (C=S) groups is 1. The first-order valence-corrected chi connectivity index (χ1v) is 5.40. The minimum atomic E-state index is -4.39. The number of hydrogen-bond acceptors (Lipinski definition) is 2. The van der Waals surface area contributed by atoms with Gasteiger partial charge in [-0.25, -0.2) is 0 Å². The van der Waals surface area contributed by atoms with Crippen LogP contribution in [0.15, 0.2) is 24.3 Å². The molecule has 0 saturated carbocycles. The fraction of sp³-hybridized carbons (Fsp3) is 0.273. The number of nitrogens with one attached hydrogen (secondary N) is 1. The lowest BCUT2D eigenvalue weighted by molar-refractivity contribution is -0.137. The summed E-state index contributed by atoms with van der Waals surface area (Å²) >= 11 is 4.65. The Labute approximate surface area is 107 Å². The van der Waals surface area contributed by atoms with E-state index in [0.29, 0.717) is 0 Å². The Bertz CT molecular complexity index is 456. The summed E-state index contributed by atoms with van der Waals surface area (Å²) in [6.45, 7) is 1.52. The Hall–Kier alpha value is -1.63. The average molecular weight is 276 g/mol. The third-order valence-electron chi connectivity index (χ3n) is 2.30. The number of amides is 1. The van der Waals surface area contributed by atoms with Crippen LogP contribution in [0.25, 0.3) is 0 Å². The van der Waals surface area contributed by atoms with Gasteiger partial charge in [0.15, 0.2) is 0 Å². The SMILES string of the molecule is CC(C(=O)Nc1ccc(C(F)(F)F)cc1)C(N)=S. The van der Waals surface area contributed by atoms with Crippen molar-refractivity contribution < 1.29 is 18.0 Å². The molecule has 7 heteroatoms. The van der Waals surface area contributed by atoms with Gasteiger partial charge in [-0.2, -0.15) is 13.2 Å². The van der Waals surface area contributed by atoms with Crippen LogP contribution < -0.4 is 11.1 Å². The largest absolute Gasteiger partial charge is 0.416 e. The molecule has 0 spiro atoms. The molecular weight excluding hydrogens is 265 g/mol. The van der Waals surface area contributed by atoms with Gasteiger partial charge in [-0.05, 0) is 31.2 Å². The molecule has 0 fully saturated rings. The number of rotatable bonds is 3. The molecular formula is C11H11F3N2OS. The minimum absolute atomic E-state index is 0.0272. The van der Waals surface area contributed by atoms with E-state index in [2.05, 4.69) is 17.5 Å². The van der Waals surface area contributed by atoms with Crippen molar-refractivity contribution >= 4 is 28.8 Å². The monoisotopic (exact) mass is 276 g/mol. The lowest BCUT2D eigenvalue weighted by atomic mass is 10.1. The van der Waals surface area contributed by atoms with Gasteiger partial charge in [0.2, 0.25) is 5.91 Å². The topological polar surface area (TPSA) is 55.1 Å². The van der Waals surface area contributed by atoms with Gasteiger partial charge in [0.25, 0.3) is 0 Å². The predicted octanol–water partition coefficient (Wildman–Crippen LogP) is 2.57. The van der Waals surface area contributed by atoms with E-state index in [4.69, 9.17) is 5.73 Å².